The highest BCUT2D eigenvalue weighted by Crippen LogP contribution is 2.02. The lowest BCUT2D eigenvalue weighted by Gasteiger charge is -2.02. The summed E-state index contributed by atoms with van der Waals surface area (Å²) in [4.78, 5) is 4.54. The molecule has 0 aromatic heterocycles. The van der Waals surface area contributed by atoms with Gasteiger partial charge in [-0.25, -0.2) is 0 Å². The fourth-order valence-electron chi connectivity index (χ4n) is 1.48. The molecule has 0 radical (unpaired) electrons. The third-order valence-corrected chi connectivity index (χ3v) is 2.34. The number of rotatable bonds is 0. The molecule has 0 aliphatic carbocycles. The molecule has 2 heterocycles. The first-order chi connectivity index (χ1) is 5.79. The van der Waals surface area contributed by atoms with Crippen molar-refractivity contribution in [3.05, 3.63) is 12.3 Å². The number of likely N-dealkylation sites (tertiary alicyclic amines) is 1. The Kier molecular flexibility index (Phi) is 4.15. The van der Waals surface area contributed by atoms with E-state index in [1.54, 1.807) is 0 Å². The Bertz CT molecular complexity index is 137. The Morgan fingerprint density at radius 3 is 1.83 bits per heavy atom. The maximum atomic E-state index is 2.36. The van der Waals surface area contributed by atoms with Gasteiger partial charge >= 0.3 is 0 Å². The summed E-state index contributed by atoms with van der Waals surface area (Å²) in [5.41, 5.74) is 0. The molecule has 1 saturated heterocycles. The fourth-order valence-corrected chi connectivity index (χ4v) is 1.48. The predicted octanol–water partition coefficient (Wildman–Crippen LogP) is 1.55. The molecule has 70 valence electrons. The fraction of sp³-hybridized carbons (Fsp3) is 0.800. The predicted molar refractivity (Wildman–Crippen MR) is 53.1 cm³/mol. The molecule has 0 amide bonds. The lowest BCUT2D eigenvalue weighted by molar-refractivity contribution is 0.418. The van der Waals surface area contributed by atoms with Gasteiger partial charge in [0.1, 0.15) is 0 Å². The average molecular weight is 168 g/mol. The van der Waals surface area contributed by atoms with E-state index in [9.17, 15) is 0 Å². The van der Waals surface area contributed by atoms with E-state index in [2.05, 4.69) is 36.2 Å². The first-order valence-electron chi connectivity index (χ1n) is 4.84. The Morgan fingerprint density at radius 1 is 1.00 bits per heavy atom. The summed E-state index contributed by atoms with van der Waals surface area (Å²) < 4.78 is 0. The van der Waals surface area contributed by atoms with Crippen LogP contribution in [0.2, 0.25) is 0 Å². The van der Waals surface area contributed by atoms with E-state index in [-0.39, 0.29) is 0 Å². The van der Waals surface area contributed by atoms with Crippen LogP contribution in [0.5, 0.6) is 0 Å². The van der Waals surface area contributed by atoms with Crippen LogP contribution in [-0.2, 0) is 0 Å². The van der Waals surface area contributed by atoms with Gasteiger partial charge in [-0.05, 0) is 45.6 Å². The van der Waals surface area contributed by atoms with Gasteiger partial charge in [-0.15, -0.1) is 0 Å². The largest absolute Gasteiger partial charge is 0.380 e. The van der Waals surface area contributed by atoms with Crippen molar-refractivity contribution in [3.63, 3.8) is 0 Å². The van der Waals surface area contributed by atoms with Crippen molar-refractivity contribution in [2.24, 2.45) is 0 Å². The number of hydrogen-bond acceptors (Lipinski definition) is 2. The van der Waals surface area contributed by atoms with Gasteiger partial charge in [-0.3, -0.25) is 0 Å². The Morgan fingerprint density at radius 2 is 1.67 bits per heavy atom. The molecule has 0 unspecified atom stereocenters. The topological polar surface area (TPSA) is 6.48 Å². The average Bonchev–Trinajstić information content (AvgIpc) is 2.63. The Hall–Kier alpha value is -0.500. The molecule has 0 aromatic carbocycles. The van der Waals surface area contributed by atoms with Gasteiger partial charge in [-0.2, -0.15) is 0 Å². The summed E-state index contributed by atoms with van der Waals surface area (Å²) in [5, 5.41) is 0. The highest BCUT2D eigenvalue weighted by atomic mass is 15.1. The lowest BCUT2D eigenvalue weighted by Crippen LogP contribution is -2.10. The molecule has 2 heteroatoms. The molecule has 0 atom stereocenters. The minimum Gasteiger partial charge on any atom is -0.380 e. The molecule has 2 aliphatic rings. The van der Waals surface area contributed by atoms with Crippen molar-refractivity contribution in [3.8, 4) is 0 Å². The van der Waals surface area contributed by atoms with Crippen LogP contribution in [-0.4, -0.2) is 43.5 Å². The molecular formula is C10H20N2. The second-order valence-corrected chi connectivity index (χ2v) is 3.66. The third kappa shape index (κ3) is 3.77. The molecule has 0 N–H and O–H groups in total. The van der Waals surface area contributed by atoms with E-state index in [1.807, 2.05) is 0 Å². The molecule has 2 nitrogen and oxygen atoms in total. The minimum absolute atomic E-state index is 1.21. The van der Waals surface area contributed by atoms with E-state index in [4.69, 9.17) is 0 Å². The van der Waals surface area contributed by atoms with Crippen molar-refractivity contribution in [1.29, 1.82) is 0 Å². The molecule has 0 spiro atoms. The second kappa shape index (κ2) is 5.20. The van der Waals surface area contributed by atoms with Crippen LogP contribution in [0.1, 0.15) is 19.3 Å². The summed E-state index contributed by atoms with van der Waals surface area (Å²) in [6, 6.07) is 0. The standard InChI is InChI=1S/C5H11N.C5H9N/c2*1-6-4-2-3-5-6/h2-5H2,1H3;2,4H,3,5H2,1H3. The maximum Gasteiger partial charge on any atom is 0.0204 e. The van der Waals surface area contributed by atoms with Crippen molar-refractivity contribution in [2.45, 2.75) is 19.3 Å². The zero-order valence-electron chi connectivity index (χ0n) is 8.29. The van der Waals surface area contributed by atoms with E-state index in [0.717, 1.165) is 0 Å². The molecule has 2 rings (SSSR count). The van der Waals surface area contributed by atoms with Crippen LogP contribution in [0.25, 0.3) is 0 Å². The normalized spacial score (nSPS) is 22.7. The summed E-state index contributed by atoms with van der Waals surface area (Å²) in [7, 11) is 4.26. The van der Waals surface area contributed by atoms with E-state index in [0.29, 0.717) is 0 Å². The van der Waals surface area contributed by atoms with Crippen LogP contribution in [0.15, 0.2) is 12.3 Å². The molecule has 0 bridgehead atoms. The second-order valence-electron chi connectivity index (χ2n) is 3.66. The van der Waals surface area contributed by atoms with Gasteiger partial charge in [0.05, 0.1) is 0 Å². The molecule has 1 fully saturated rings. The Labute approximate surface area is 75.8 Å². The van der Waals surface area contributed by atoms with Gasteiger partial charge in [0.15, 0.2) is 0 Å². The summed E-state index contributed by atoms with van der Waals surface area (Å²) in [6.07, 6.45) is 8.35. The molecule has 12 heavy (non-hydrogen) atoms. The summed E-state index contributed by atoms with van der Waals surface area (Å²) in [6.45, 7) is 3.85. The van der Waals surface area contributed by atoms with Crippen LogP contribution in [0.3, 0.4) is 0 Å². The van der Waals surface area contributed by atoms with Gasteiger partial charge < -0.3 is 9.80 Å². The quantitative estimate of drug-likeness (QED) is 0.541. The zero-order valence-corrected chi connectivity index (χ0v) is 8.29. The van der Waals surface area contributed by atoms with Gasteiger partial charge in [0.2, 0.25) is 0 Å². The van der Waals surface area contributed by atoms with Crippen molar-refractivity contribution in [1.82, 2.24) is 9.80 Å². The first-order valence-corrected chi connectivity index (χ1v) is 4.84. The lowest BCUT2D eigenvalue weighted by atomic mass is 10.4. The highest BCUT2D eigenvalue weighted by molar-refractivity contribution is 4.88. The van der Waals surface area contributed by atoms with Crippen LogP contribution in [0.4, 0.5) is 0 Å². The van der Waals surface area contributed by atoms with E-state index < -0.39 is 0 Å². The minimum atomic E-state index is 1.21. The molecular weight excluding hydrogens is 148 g/mol. The van der Waals surface area contributed by atoms with Crippen molar-refractivity contribution < 1.29 is 0 Å². The summed E-state index contributed by atoms with van der Waals surface area (Å²) in [5.74, 6) is 0. The molecule has 0 saturated carbocycles. The van der Waals surface area contributed by atoms with Gasteiger partial charge in [0, 0.05) is 13.6 Å². The van der Waals surface area contributed by atoms with Crippen molar-refractivity contribution >= 4 is 0 Å². The number of nitrogens with zero attached hydrogens (tertiary/aromatic N) is 2. The highest BCUT2D eigenvalue weighted by Gasteiger charge is 2.03. The monoisotopic (exact) mass is 168 g/mol. The van der Waals surface area contributed by atoms with Gasteiger partial charge in [-0.1, -0.05) is 6.08 Å². The third-order valence-electron chi connectivity index (χ3n) is 2.34. The molecule has 2 aliphatic heterocycles. The van der Waals surface area contributed by atoms with E-state index >= 15 is 0 Å². The number of hydrogen-bond donors (Lipinski definition) is 0. The van der Waals surface area contributed by atoms with Crippen LogP contribution < -0.4 is 0 Å². The van der Waals surface area contributed by atoms with E-state index in [1.165, 1.54) is 38.9 Å². The zero-order chi connectivity index (χ0) is 8.81. The van der Waals surface area contributed by atoms with Crippen molar-refractivity contribution in [2.75, 3.05) is 33.7 Å². The smallest absolute Gasteiger partial charge is 0.0204 e. The SMILES string of the molecule is CN1C=CCC1.CN1CCCC1. The van der Waals surface area contributed by atoms with Crippen LogP contribution >= 0.6 is 0 Å². The molecule has 0 aromatic rings. The van der Waals surface area contributed by atoms with Gasteiger partial charge in [0.25, 0.3) is 0 Å². The first kappa shape index (κ1) is 9.59. The van der Waals surface area contributed by atoms with Crippen LogP contribution in [0, 0.1) is 0 Å². The summed E-state index contributed by atoms with van der Waals surface area (Å²) >= 11 is 0. The Balaban J connectivity index is 0.000000120. The maximum absolute atomic E-state index is 2.36.